The van der Waals surface area contributed by atoms with Crippen LogP contribution >= 0.6 is 35.1 Å². The highest BCUT2D eigenvalue weighted by Gasteiger charge is 2.54. The number of fused-ring (bicyclic) bond motifs is 1. The van der Waals surface area contributed by atoms with E-state index in [0.717, 1.165) is 11.8 Å². The van der Waals surface area contributed by atoms with Gasteiger partial charge in [-0.3, -0.25) is 19.9 Å². The summed E-state index contributed by atoms with van der Waals surface area (Å²) in [5, 5.41) is 20.9. The van der Waals surface area contributed by atoms with Crippen molar-refractivity contribution < 1.29 is 19.5 Å². The number of carbonyl (C=O) groups is 3. The summed E-state index contributed by atoms with van der Waals surface area (Å²) in [6, 6.07) is 6.15. The standard InChI is InChI=1S/C18H17ClN4O4S2/c19-10-4-2-1-3-9(10)7-13(24)22-14-16(25)23-15(18(26)27)11(8-29-17(14)23)28-6-5-12(20)21/h1-6,14,17H,7-8H2,(H3,20,21)(H,22,24)(H,26,27)/b6-5+/t14?,17-/m1/s1. The first-order valence-electron chi connectivity index (χ1n) is 8.40. The first-order chi connectivity index (χ1) is 13.8. The third kappa shape index (κ3) is 4.60. The molecule has 5 N–H and O–H groups in total. The fourth-order valence-electron chi connectivity index (χ4n) is 2.91. The molecule has 2 heterocycles. The number of nitrogens with two attached hydrogens (primary N) is 1. The van der Waals surface area contributed by atoms with Crippen molar-refractivity contribution in [3.8, 4) is 0 Å². The number of rotatable bonds is 7. The molecule has 0 spiro atoms. The lowest BCUT2D eigenvalue weighted by molar-refractivity contribution is -0.150. The van der Waals surface area contributed by atoms with Crippen molar-refractivity contribution in [2.75, 3.05) is 5.75 Å². The van der Waals surface area contributed by atoms with Crippen molar-refractivity contribution in [3.63, 3.8) is 0 Å². The zero-order chi connectivity index (χ0) is 21.1. The van der Waals surface area contributed by atoms with Crippen molar-refractivity contribution >= 4 is 58.7 Å². The van der Waals surface area contributed by atoms with E-state index in [9.17, 15) is 19.5 Å². The van der Waals surface area contributed by atoms with E-state index >= 15 is 0 Å². The highest BCUT2D eigenvalue weighted by Crippen LogP contribution is 2.43. The third-order valence-corrected chi connectivity index (χ3v) is 6.94. The van der Waals surface area contributed by atoms with Crippen LogP contribution in [0, 0.1) is 5.41 Å². The van der Waals surface area contributed by atoms with Gasteiger partial charge in [0.15, 0.2) is 0 Å². The average Bonchev–Trinajstić information content (AvgIpc) is 2.67. The summed E-state index contributed by atoms with van der Waals surface area (Å²) in [6.07, 6.45) is 1.36. The van der Waals surface area contributed by atoms with Crippen molar-refractivity contribution in [3.05, 3.63) is 56.9 Å². The molecule has 1 saturated heterocycles. The number of carboxylic acids is 1. The van der Waals surface area contributed by atoms with E-state index in [4.69, 9.17) is 22.7 Å². The minimum atomic E-state index is -1.22. The molecule has 0 aliphatic carbocycles. The SMILES string of the molecule is N=C(N)/C=C/SC1=C(C(=O)O)N2C(=O)C(NC(=O)Cc3ccccc3Cl)[C@H]2SC1. The Morgan fingerprint density at radius 3 is 2.83 bits per heavy atom. The molecule has 1 unspecified atom stereocenters. The molecule has 11 heteroatoms. The number of carboxylic acid groups (broad SMARTS) is 1. The number of hydrogen-bond donors (Lipinski definition) is 4. The van der Waals surface area contributed by atoms with E-state index in [0.29, 0.717) is 21.2 Å². The molecule has 2 aliphatic heterocycles. The van der Waals surface area contributed by atoms with Crippen molar-refractivity contribution in [1.29, 1.82) is 5.41 Å². The summed E-state index contributed by atoms with van der Waals surface area (Å²) >= 11 is 8.53. The molecule has 0 radical (unpaired) electrons. The van der Waals surface area contributed by atoms with E-state index in [1.165, 1.54) is 28.1 Å². The van der Waals surface area contributed by atoms with Crippen molar-refractivity contribution in [2.45, 2.75) is 17.8 Å². The average molecular weight is 453 g/mol. The van der Waals surface area contributed by atoms with Gasteiger partial charge in [0.1, 0.15) is 22.9 Å². The number of hydrogen-bond acceptors (Lipinski definition) is 6. The van der Waals surface area contributed by atoms with Crippen LogP contribution in [0.25, 0.3) is 0 Å². The minimum Gasteiger partial charge on any atom is -0.477 e. The van der Waals surface area contributed by atoms with Gasteiger partial charge in [-0.2, -0.15) is 0 Å². The fourth-order valence-corrected chi connectivity index (χ4v) is 5.46. The third-order valence-electron chi connectivity index (χ3n) is 4.22. The summed E-state index contributed by atoms with van der Waals surface area (Å²) in [5.74, 6) is -1.84. The van der Waals surface area contributed by atoms with Gasteiger partial charge in [-0.15, -0.1) is 11.8 Å². The largest absolute Gasteiger partial charge is 0.477 e. The maximum atomic E-state index is 12.6. The van der Waals surface area contributed by atoms with Crippen LogP contribution in [-0.2, 0) is 20.8 Å². The van der Waals surface area contributed by atoms with E-state index in [-0.39, 0.29) is 23.9 Å². The fraction of sp³-hybridized carbons (Fsp3) is 0.222. The highest BCUT2D eigenvalue weighted by molar-refractivity contribution is 8.08. The Kier molecular flexibility index (Phi) is 6.56. The second-order valence-electron chi connectivity index (χ2n) is 6.18. The Bertz CT molecular complexity index is 950. The van der Waals surface area contributed by atoms with Gasteiger partial charge < -0.3 is 16.2 Å². The Morgan fingerprint density at radius 2 is 2.17 bits per heavy atom. The van der Waals surface area contributed by atoms with Gasteiger partial charge >= 0.3 is 5.97 Å². The van der Waals surface area contributed by atoms with Crippen molar-refractivity contribution in [1.82, 2.24) is 10.2 Å². The quantitative estimate of drug-likeness (QED) is 0.281. The van der Waals surface area contributed by atoms with Crippen LogP contribution in [0.15, 0.2) is 46.4 Å². The van der Waals surface area contributed by atoms with Gasteiger partial charge in [0.05, 0.1) is 6.42 Å². The lowest BCUT2D eigenvalue weighted by Crippen LogP contribution is -2.70. The maximum absolute atomic E-state index is 12.6. The minimum absolute atomic E-state index is 0.0272. The van der Waals surface area contributed by atoms with Gasteiger partial charge in [-0.1, -0.05) is 41.6 Å². The molecular weight excluding hydrogens is 436 g/mol. The highest BCUT2D eigenvalue weighted by atomic mass is 35.5. The molecule has 29 heavy (non-hydrogen) atoms. The first-order valence-corrected chi connectivity index (χ1v) is 10.7. The number of amidine groups is 1. The number of amides is 2. The predicted octanol–water partition coefficient (Wildman–Crippen LogP) is 1.76. The number of nitrogens with one attached hydrogen (secondary N) is 2. The number of carbonyl (C=O) groups excluding carboxylic acids is 2. The lowest BCUT2D eigenvalue weighted by Gasteiger charge is -2.49. The molecule has 0 saturated carbocycles. The van der Waals surface area contributed by atoms with Crippen LogP contribution in [0.4, 0.5) is 0 Å². The lowest BCUT2D eigenvalue weighted by atomic mass is 10.0. The van der Waals surface area contributed by atoms with Gasteiger partial charge in [0, 0.05) is 15.7 Å². The van der Waals surface area contributed by atoms with Crippen molar-refractivity contribution in [2.24, 2.45) is 5.73 Å². The number of nitrogens with zero attached hydrogens (tertiary/aromatic N) is 1. The van der Waals surface area contributed by atoms with Crippen LogP contribution < -0.4 is 11.1 Å². The van der Waals surface area contributed by atoms with Crippen LogP contribution in [-0.4, -0.2) is 50.8 Å². The Hall–Kier alpha value is -2.43. The first kappa shape index (κ1) is 21.3. The number of aliphatic carboxylic acids is 1. The number of halogens is 1. The van der Waals surface area contributed by atoms with E-state index < -0.39 is 23.3 Å². The summed E-state index contributed by atoms with van der Waals surface area (Å²) in [4.78, 5) is 38.3. The smallest absolute Gasteiger partial charge is 0.353 e. The van der Waals surface area contributed by atoms with Gasteiger partial charge in [0.25, 0.3) is 5.91 Å². The molecular formula is C18H17ClN4O4S2. The molecule has 1 aromatic rings. The molecule has 1 fully saturated rings. The van der Waals surface area contributed by atoms with Crippen LogP contribution in [0.5, 0.6) is 0 Å². The molecule has 1 aromatic carbocycles. The van der Waals surface area contributed by atoms with Crippen LogP contribution in [0.1, 0.15) is 5.56 Å². The van der Waals surface area contributed by atoms with E-state index in [1.807, 2.05) is 0 Å². The van der Waals surface area contributed by atoms with Gasteiger partial charge in [0.2, 0.25) is 5.91 Å². The van der Waals surface area contributed by atoms with E-state index in [1.54, 1.807) is 24.3 Å². The van der Waals surface area contributed by atoms with Crippen LogP contribution in [0.2, 0.25) is 5.02 Å². The summed E-state index contributed by atoms with van der Waals surface area (Å²) in [7, 11) is 0. The maximum Gasteiger partial charge on any atom is 0.353 e. The Labute approximate surface area is 180 Å². The normalized spacial score (nSPS) is 21.0. The molecule has 0 bridgehead atoms. The molecule has 2 amide bonds. The van der Waals surface area contributed by atoms with E-state index in [2.05, 4.69) is 5.32 Å². The molecule has 152 valence electrons. The second kappa shape index (κ2) is 8.93. The summed E-state index contributed by atoms with van der Waals surface area (Å²) < 4.78 is 0. The molecule has 3 rings (SSSR count). The molecule has 8 nitrogen and oxygen atoms in total. The zero-order valence-electron chi connectivity index (χ0n) is 14.9. The molecule has 2 aliphatic rings. The van der Waals surface area contributed by atoms with Crippen LogP contribution in [0.3, 0.4) is 0 Å². The molecule has 2 atom stereocenters. The topological polar surface area (TPSA) is 137 Å². The Balaban J connectivity index is 1.70. The Morgan fingerprint density at radius 1 is 1.45 bits per heavy atom. The predicted molar refractivity (Wildman–Crippen MR) is 113 cm³/mol. The second-order valence-corrected chi connectivity index (χ2v) is 8.69. The summed E-state index contributed by atoms with van der Waals surface area (Å²) in [6.45, 7) is 0. The summed E-state index contributed by atoms with van der Waals surface area (Å²) in [5.41, 5.74) is 5.79. The van der Waals surface area contributed by atoms with Gasteiger partial charge in [-0.25, -0.2) is 4.79 Å². The molecule has 0 aromatic heterocycles. The number of thioether (sulfide) groups is 2. The number of β-lactam (4-membered cyclic amide) rings is 1. The monoisotopic (exact) mass is 452 g/mol. The van der Waals surface area contributed by atoms with Gasteiger partial charge in [-0.05, 0) is 23.1 Å². The number of benzene rings is 1. The zero-order valence-corrected chi connectivity index (χ0v) is 17.3.